The molecule has 0 atom stereocenters. The van der Waals surface area contributed by atoms with E-state index in [0.717, 1.165) is 5.56 Å². The molecule has 0 aliphatic heterocycles. The third kappa shape index (κ3) is 3.00. The standard InChI is InChI=1S/C15H19N3O2S/c1-3-12-5-6-13(16)11-15(12)21(19,20)18(4-2)14-7-9-17-10-8-14/h5-11H,3-4,16H2,1-2H3. The number of rotatable bonds is 5. The zero-order chi connectivity index (χ0) is 15.5. The molecule has 0 aliphatic carbocycles. The van der Waals surface area contributed by atoms with Gasteiger partial charge in [0, 0.05) is 24.6 Å². The summed E-state index contributed by atoms with van der Waals surface area (Å²) in [6, 6.07) is 8.37. The van der Waals surface area contributed by atoms with Gasteiger partial charge in [-0.15, -0.1) is 0 Å². The molecule has 0 bridgehead atoms. The first-order valence-corrected chi connectivity index (χ1v) is 8.25. The third-order valence-corrected chi connectivity index (χ3v) is 5.26. The number of benzene rings is 1. The van der Waals surface area contributed by atoms with Crippen LogP contribution in [0.15, 0.2) is 47.6 Å². The molecule has 2 aromatic rings. The second-order valence-corrected chi connectivity index (χ2v) is 6.43. The topological polar surface area (TPSA) is 76.3 Å². The van der Waals surface area contributed by atoms with Crippen molar-refractivity contribution in [2.24, 2.45) is 0 Å². The van der Waals surface area contributed by atoms with Gasteiger partial charge in [-0.1, -0.05) is 13.0 Å². The number of nitrogens with two attached hydrogens (primary N) is 1. The number of nitrogen functional groups attached to an aromatic ring is 1. The fourth-order valence-corrected chi connectivity index (χ4v) is 4.03. The molecule has 0 unspecified atom stereocenters. The summed E-state index contributed by atoms with van der Waals surface area (Å²) in [6.07, 6.45) is 3.78. The largest absolute Gasteiger partial charge is 0.399 e. The molecule has 0 radical (unpaired) electrons. The number of sulfonamides is 1. The predicted octanol–water partition coefficient (Wildman–Crippen LogP) is 2.44. The van der Waals surface area contributed by atoms with Crippen molar-refractivity contribution in [2.45, 2.75) is 25.2 Å². The number of pyridine rings is 1. The van der Waals surface area contributed by atoms with Crippen LogP contribution < -0.4 is 10.0 Å². The molecule has 1 heterocycles. The lowest BCUT2D eigenvalue weighted by Gasteiger charge is -2.24. The molecule has 0 saturated heterocycles. The Morgan fingerprint density at radius 3 is 2.38 bits per heavy atom. The van der Waals surface area contributed by atoms with E-state index in [1.807, 2.05) is 6.92 Å². The zero-order valence-electron chi connectivity index (χ0n) is 12.2. The minimum atomic E-state index is -3.64. The molecule has 2 N–H and O–H groups in total. The average molecular weight is 305 g/mol. The summed E-state index contributed by atoms with van der Waals surface area (Å²) in [5.41, 5.74) is 7.56. The Morgan fingerprint density at radius 2 is 1.81 bits per heavy atom. The first-order valence-electron chi connectivity index (χ1n) is 6.81. The highest BCUT2D eigenvalue weighted by atomic mass is 32.2. The van der Waals surface area contributed by atoms with E-state index in [-0.39, 0.29) is 4.90 Å². The van der Waals surface area contributed by atoms with Gasteiger partial charge in [0.25, 0.3) is 10.0 Å². The molecule has 1 aromatic carbocycles. The van der Waals surface area contributed by atoms with Crippen LogP contribution in [0.25, 0.3) is 0 Å². The maximum atomic E-state index is 12.9. The average Bonchev–Trinajstić information content (AvgIpc) is 2.49. The van der Waals surface area contributed by atoms with Crippen molar-refractivity contribution in [2.75, 3.05) is 16.6 Å². The van der Waals surface area contributed by atoms with Gasteiger partial charge >= 0.3 is 0 Å². The van der Waals surface area contributed by atoms with Crippen molar-refractivity contribution < 1.29 is 8.42 Å². The number of anilines is 2. The van der Waals surface area contributed by atoms with Crippen LogP contribution >= 0.6 is 0 Å². The smallest absolute Gasteiger partial charge is 0.264 e. The van der Waals surface area contributed by atoms with E-state index >= 15 is 0 Å². The zero-order valence-corrected chi connectivity index (χ0v) is 13.0. The predicted molar refractivity (Wildman–Crippen MR) is 84.7 cm³/mol. The molecular formula is C15H19N3O2S. The Labute approximate surface area is 125 Å². The van der Waals surface area contributed by atoms with Crippen molar-refractivity contribution in [1.29, 1.82) is 0 Å². The van der Waals surface area contributed by atoms with Gasteiger partial charge in [-0.2, -0.15) is 0 Å². The number of hydrogen-bond acceptors (Lipinski definition) is 4. The van der Waals surface area contributed by atoms with Gasteiger partial charge in [0.05, 0.1) is 10.6 Å². The summed E-state index contributed by atoms with van der Waals surface area (Å²) in [5.74, 6) is 0. The minimum absolute atomic E-state index is 0.267. The van der Waals surface area contributed by atoms with E-state index in [1.165, 1.54) is 10.4 Å². The maximum absolute atomic E-state index is 12.9. The van der Waals surface area contributed by atoms with Crippen LogP contribution in [0, 0.1) is 0 Å². The quantitative estimate of drug-likeness (QED) is 0.861. The fraction of sp³-hybridized carbons (Fsp3) is 0.267. The monoisotopic (exact) mass is 305 g/mol. The van der Waals surface area contributed by atoms with Crippen LogP contribution in [0.4, 0.5) is 11.4 Å². The summed E-state index contributed by atoms with van der Waals surface area (Å²) in [4.78, 5) is 4.19. The van der Waals surface area contributed by atoms with Crippen molar-refractivity contribution in [3.05, 3.63) is 48.3 Å². The molecule has 0 saturated carbocycles. The van der Waals surface area contributed by atoms with Crippen molar-refractivity contribution in [3.8, 4) is 0 Å². The molecular weight excluding hydrogens is 286 g/mol. The molecule has 0 amide bonds. The maximum Gasteiger partial charge on any atom is 0.264 e. The number of aromatic nitrogens is 1. The minimum Gasteiger partial charge on any atom is -0.399 e. The Balaban J connectivity index is 2.58. The highest BCUT2D eigenvalue weighted by molar-refractivity contribution is 7.92. The highest BCUT2D eigenvalue weighted by Gasteiger charge is 2.26. The number of aryl methyl sites for hydroxylation is 1. The Bertz CT molecular complexity index is 715. The van der Waals surface area contributed by atoms with Crippen LogP contribution in [0.3, 0.4) is 0 Å². The highest BCUT2D eigenvalue weighted by Crippen LogP contribution is 2.27. The van der Waals surface area contributed by atoms with Crippen LogP contribution in [0.2, 0.25) is 0 Å². The van der Waals surface area contributed by atoms with E-state index < -0.39 is 10.0 Å². The lowest BCUT2D eigenvalue weighted by Crippen LogP contribution is -2.31. The second kappa shape index (κ2) is 6.13. The van der Waals surface area contributed by atoms with E-state index in [9.17, 15) is 8.42 Å². The molecule has 6 heteroatoms. The summed E-state index contributed by atoms with van der Waals surface area (Å²) < 4.78 is 27.3. The summed E-state index contributed by atoms with van der Waals surface area (Å²) in [5, 5.41) is 0. The number of hydrogen-bond donors (Lipinski definition) is 1. The summed E-state index contributed by atoms with van der Waals surface area (Å²) >= 11 is 0. The SMILES string of the molecule is CCc1ccc(N)cc1S(=O)(=O)N(CC)c1ccncc1. The lowest BCUT2D eigenvalue weighted by molar-refractivity contribution is 0.591. The van der Waals surface area contributed by atoms with E-state index in [2.05, 4.69) is 4.98 Å². The summed E-state index contributed by atoms with van der Waals surface area (Å²) in [7, 11) is -3.64. The molecule has 5 nitrogen and oxygen atoms in total. The second-order valence-electron chi connectivity index (χ2n) is 4.60. The van der Waals surface area contributed by atoms with Gasteiger partial charge in [-0.05, 0) is 43.2 Å². The van der Waals surface area contributed by atoms with Gasteiger partial charge in [0.15, 0.2) is 0 Å². The summed E-state index contributed by atoms with van der Waals surface area (Å²) in [6.45, 7) is 4.06. The first kappa shape index (κ1) is 15.3. The molecule has 0 aliphatic rings. The van der Waals surface area contributed by atoms with Gasteiger partial charge < -0.3 is 5.73 Å². The van der Waals surface area contributed by atoms with Crippen LogP contribution in [0.5, 0.6) is 0 Å². The van der Waals surface area contributed by atoms with Gasteiger partial charge in [-0.3, -0.25) is 9.29 Å². The van der Waals surface area contributed by atoms with Crippen molar-refractivity contribution >= 4 is 21.4 Å². The van der Waals surface area contributed by atoms with Gasteiger partial charge in [0.2, 0.25) is 0 Å². The fourth-order valence-electron chi connectivity index (χ4n) is 2.22. The first-order chi connectivity index (χ1) is 10.0. The van der Waals surface area contributed by atoms with Crippen LogP contribution in [-0.2, 0) is 16.4 Å². The lowest BCUT2D eigenvalue weighted by atomic mass is 10.1. The third-order valence-electron chi connectivity index (χ3n) is 3.28. The van der Waals surface area contributed by atoms with Crippen molar-refractivity contribution in [3.63, 3.8) is 0 Å². The molecule has 0 fully saturated rings. The van der Waals surface area contributed by atoms with Gasteiger partial charge in [-0.25, -0.2) is 8.42 Å². The Kier molecular flexibility index (Phi) is 4.47. The molecule has 2 rings (SSSR count). The van der Waals surface area contributed by atoms with E-state index in [0.29, 0.717) is 24.3 Å². The molecule has 1 aromatic heterocycles. The van der Waals surface area contributed by atoms with Crippen molar-refractivity contribution in [1.82, 2.24) is 4.98 Å². The van der Waals surface area contributed by atoms with Crippen LogP contribution in [0.1, 0.15) is 19.4 Å². The van der Waals surface area contributed by atoms with Crippen LogP contribution in [-0.4, -0.2) is 19.9 Å². The Hall–Kier alpha value is -2.08. The molecule has 21 heavy (non-hydrogen) atoms. The Morgan fingerprint density at radius 1 is 1.14 bits per heavy atom. The molecule has 112 valence electrons. The normalized spacial score (nSPS) is 11.3. The molecule has 0 spiro atoms. The van der Waals surface area contributed by atoms with E-state index in [1.54, 1.807) is 43.6 Å². The van der Waals surface area contributed by atoms with Gasteiger partial charge in [0.1, 0.15) is 0 Å². The number of nitrogens with zero attached hydrogens (tertiary/aromatic N) is 2. The van der Waals surface area contributed by atoms with E-state index in [4.69, 9.17) is 5.73 Å².